The van der Waals surface area contributed by atoms with Gasteiger partial charge >= 0.3 is 0 Å². The van der Waals surface area contributed by atoms with Crippen molar-refractivity contribution >= 4 is 17.3 Å². The maximum Gasteiger partial charge on any atom is 0.103 e. The van der Waals surface area contributed by atoms with E-state index in [1.807, 2.05) is 12.1 Å². The summed E-state index contributed by atoms with van der Waals surface area (Å²) >= 11 is 5.93. The highest BCUT2D eigenvalue weighted by Crippen LogP contribution is 2.23. The molecular formula is C13H17ClN2O. The molecule has 1 aromatic rings. The highest BCUT2D eigenvalue weighted by molar-refractivity contribution is 6.32. The lowest BCUT2D eigenvalue weighted by Crippen LogP contribution is -2.03. The van der Waals surface area contributed by atoms with Crippen LogP contribution >= 0.6 is 11.6 Å². The first-order valence-corrected chi connectivity index (χ1v) is 6.09. The molecule has 0 fully saturated rings. The highest BCUT2D eigenvalue weighted by Gasteiger charge is 2.04. The van der Waals surface area contributed by atoms with Crippen molar-refractivity contribution in [3.63, 3.8) is 0 Å². The Morgan fingerprint density at radius 1 is 1.35 bits per heavy atom. The van der Waals surface area contributed by atoms with Crippen LogP contribution in [0.1, 0.15) is 24.8 Å². The van der Waals surface area contributed by atoms with Gasteiger partial charge in [0.15, 0.2) is 0 Å². The second kappa shape index (κ2) is 7.94. The molecule has 1 N–H and O–H groups in total. The van der Waals surface area contributed by atoms with Crippen LogP contribution in [-0.4, -0.2) is 20.3 Å². The van der Waals surface area contributed by atoms with E-state index in [0.717, 1.165) is 38.1 Å². The van der Waals surface area contributed by atoms with Gasteiger partial charge < -0.3 is 10.1 Å². The summed E-state index contributed by atoms with van der Waals surface area (Å²) in [6.07, 6.45) is 3.24. The lowest BCUT2D eigenvalue weighted by molar-refractivity contribution is 0.192. The van der Waals surface area contributed by atoms with Crippen LogP contribution < -0.4 is 5.32 Å². The predicted octanol–water partition coefficient (Wildman–Crippen LogP) is 3.44. The lowest BCUT2D eigenvalue weighted by Gasteiger charge is -2.08. The van der Waals surface area contributed by atoms with Gasteiger partial charge in [-0.05, 0) is 31.4 Å². The summed E-state index contributed by atoms with van der Waals surface area (Å²) in [6.45, 7) is 1.65. The van der Waals surface area contributed by atoms with E-state index in [4.69, 9.17) is 21.6 Å². The molecule has 4 heteroatoms. The Kier molecular flexibility index (Phi) is 6.46. The van der Waals surface area contributed by atoms with E-state index in [1.54, 1.807) is 13.2 Å². The molecule has 0 saturated heterocycles. The van der Waals surface area contributed by atoms with Crippen molar-refractivity contribution in [3.8, 4) is 6.07 Å². The summed E-state index contributed by atoms with van der Waals surface area (Å²) in [4.78, 5) is 0. The molecule has 0 saturated carbocycles. The number of halogens is 1. The van der Waals surface area contributed by atoms with Crippen LogP contribution in [-0.2, 0) is 4.74 Å². The van der Waals surface area contributed by atoms with E-state index in [1.165, 1.54) is 0 Å². The quantitative estimate of drug-likeness (QED) is 0.756. The Bertz CT molecular complexity index is 387. The van der Waals surface area contributed by atoms with Gasteiger partial charge in [0.1, 0.15) is 6.07 Å². The van der Waals surface area contributed by atoms with Crippen molar-refractivity contribution in [2.45, 2.75) is 19.3 Å². The summed E-state index contributed by atoms with van der Waals surface area (Å²) in [6, 6.07) is 7.55. The van der Waals surface area contributed by atoms with E-state index < -0.39 is 0 Å². The molecule has 92 valence electrons. The average molecular weight is 253 g/mol. The average Bonchev–Trinajstić information content (AvgIpc) is 2.34. The number of methoxy groups -OCH3 is 1. The minimum atomic E-state index is 0.497. The van der Waals surface area contributed by atoms with Gasteiger partial charge in [0.25, 0.3) is 0 Å². The zero-order valence-electron chi connectivity index (χ0n) is 10.0. The Labute approximate surface area is 107 Å². The smallest absolute Gasteiger partial charge is 0.103 e. The van der Waals surface area contributed by atoms with Gasteiger partial charge in [-0.1, -0.05) is 17.7 Å². The van der Waals surface area contributed by atoms with Gasteiger partial charge in [0.05, 0.1) is 16.3 Å². The molecule has 0 radical (unpaired) electrons. The fourth-order valence-electron chi connectivity index (χ4n) is 1.56. The van der Waals surface area contributed by atoms with Gasteiger partial charge in [-0.3, -0.25) is 0 Å². The first-order chi connectivity index (χ1) is 8.29. The van der Waals surface area contributed by atoms with E-state index in [9.17, 15) is 0 Å². The third-order valence-corrected chi connectivity index (χ3v) is 2.78. The summed E-state index contributed by atoms with van der Waals surface area (Å²) in [7, 11) is 1.71. The number of hydrogen-bond acceptors (Lipinski definition) is 3. The van der Waals surface area contributed by atoms with Crippen molar-refractivity contribution in [2.75, 3.05) is 25.6 Å². The van der Waals surface area contributed by atoms with Crippen LogP contribution in [0.25, 0.3) is 0 Å². The van der Waals surface area contributed by atoms with Gasteiger partial charge in [0, 0.05) is 20.3 Å². The summed E-state index contributed by atoms with van der Waals surface area (Å²) in [5.74, 6) is 0. The van der Waals surface area contributed by atoms with Gasteiger partial charge in [-0.25, -0.2) is 0 Å². The number of hydrogen-bond donors (Lipinski definition) is 1. The molecule has 0 aliphatic carbocycles. The molecule has 0 amide bonds. The molecule has 0 unspecified atom stereocenters. The molecule has 0 aliphatic rings. The second-order valence-corrected chi connectivity index (χ2v) is 4.16. The largest absolute Gasteiger partial charge is 0.385 e. The van der Waals surface area contributed by atoms with Crippen molar-refractivity contribution in [1.29, 1.82) is 5.26 Å². The Balaban J connectivity index is 2.37. The SMILES string of the molecule is COCCCCCNc1cccc(Cl)c1C#N. The number of nitrogens with one attached hydrogen (secondary N) is 1. The molecule has 0 spiro atoms. The monoisotopic (exact) mass is 252 g/mol. The maximum absolute atomic E-state index is 8.98. The fraction of sp³-hybridized carbons (Fsp3) is 0.462. The number of ether oxygens (including phenoxy) is 1. The van der Waals surface area contributed by atoms with Gasteiger partial charge in [0.2, 0.25) is 0 Å². The zero-order valence-corrected chi connectivity index (χ0v) is 10.8. The summed E-state index contributed by atoms with van der Waals surface area (Å²) < 4.78 is 4.98. The molecule has 17 heavy (non-hydrogen) atoms. The third-order valence-electron chi connectivity index (χ3n) is 2.47. The number of nitrogens with zero attached hydrogens (tertiary/aromatic N) is 1. The molecule has 0 aliphatic heterocycles. The van der Waals surface area contributed by atoms with Crippen LogP contribution in [0.3, 0.4) is 0 Å². The minimum absolute atomic E-state index is 0.497. The molecular weight excluding hydrogens is 236 g/mol. The van der Waals surface area contributed by atoms with Crippen molar-refractivity contribution in [3.05, 3.63) is 28.8 Å². The standard InChI is InChI=1S/C13H17ClN2O/c1-17-9-4-2-3-8-16-13-7-5-6-12(14)11(13)10-15/h5-7,16H,2-4,8-9H2,1H3. The van der Waals surface area contributed by atoms with E-state index >= 15 is 0 Å². The first kappa shape index (κ1) is 13.8. The third kappa shape index (κ3) is 4.64. The first-order valence-electron chi connectivity index (χ1n) is 5.71. The van der Waals surface area contributed by atoms with E-state index in [-0.39, 0.29) is 0 Å². The predicted molar refractivity (Wildman–Crippen MR) is 70.4 cm³/mol. The highest BCUT2D eigenvalue weighted by atomic mass is 35.5. The number of benzene rings is 1. The zero-order chi connectivity index (χ0) is 12.5. The molecule has 0 aromatic heterocycles. The van der Waals surface area contributed by atoms with Crippen LogP contribution in [0.5, 0.6) is 0 Å². The van der Waals surface area contributed by atoms with Crippen molar-refractivity contribution in [1.82, 2.24) is 0 Å². The van der Waals surface area contributed by atoms with Crippen LogP contribution in [0.4, 0.5) is 5.69 Å². The second-order valence-electron chi connectivity index (χ2n) is 3.75. The fourth-order valence-corrected chi connectivity index (χ4v) is 1.77. The van der Waals surface area contributed by atoms with Gasteiger partial charge in [-0.15, -0.1) is 0 Å². The van der Waals surface area contributed by atoms with E-state index in [0.29, 0.717) is 10.6 Å². The van der Waals surface area contributed by atoms with Crippen molar-refractivity contribution < 1.29 is 4.74 Å². The normalized spacial score (nSPS) is 9.94. The molecule has 1 rings (SSSR count). The molecule has 1 aromatic carbocycles. The number of nitriles is 1. The number of rotatable bonds is 7. The maximum atomic E-state index is 8.98. The topological polar surface area (TPSA) is 45.0 Å². The molecule has 0 atom stereocenters. The Morgan fingerprint density at radius 2 is 2.18 bits per heavy atom. The minimum Gasteiger partial charge on any atom is -0.385 e. The number of anilines is 1. The van der Waals surface area contributed by atoms with E-state index in [2.05, 4.69) is 11.4 Å². The molecule has 0 bridgehead atoms. The van der Waals surface area contributed by atoms with Crippen LogP contribution in [0.15, 0.2) is 18.2 Å². The van der Waals surface area contributed by atoms with Gasteiger partial charge in [-0.2, -0.15) is 5.26 Å². The Hall–Kier alpha value is -1.24. The lowest BCUT2D eigenvalue weighted by atomic mass is 10.2. The Morgan fingerprint density at radius 3 is 2.88 bits per heavy atom. The molecule has 0 heterocycles. The summed E-state index contributed by atoms with van der Waals surface area (Å²) in [5, 5.41) is 12.7. The number of unbranched alkanes of at least 4 members (excludes halogenated alkanes) is 2. The van der Waals surface area contributed by atoms with Crippen molar-refractivity contribution in [2.24, 2.45) is 0 Å². The summed E-state index contributed by atoms with van der Waals surface area (Å²) in [5.41, 5.74) is 1.33. The van der Waals surface area contributed by atoms with Crippen LogP contribution in [0.2, 0.25) is 5.02 Å². The van der Waals surface area contributed by atoms with Crippen LogP contribution in [0, 0.1) is 11.3 Å². The molecule has 3 nitrogen and oxygen atoms in total.